The molecule has 2 aliphatic carbocycles. The number of nitrogens with one attached hydrogen (secondary N) is 1. The van der Waals surface area contributed by atoms with Crippen molar-refractivity contribution < 1.29 is 4.74 Å². The van der Waals surface area contributed by atoms with Gasteiger partial charge in [0.25, 0.3) is 0 Å². The largest absolute Gasteiger partial charge is 0.383 e. The van der Waals surface area contributed by atoms with Gasteiger partial charge in [-0.25, -0.2) is 4.98 Å². The van der Waals surface area contributed by atoms with Gasteiger partial charge in [0.05, 0.1) is 17.8 Å². The van der Waals surface area contributed by atoms with Gasteiger partial charge in [-0.05, 0) is 56.3 Å². The minimum atomic E-state index is 0.535. The van der Waals surface area contributed by atoms with E-state index in [9.17, 15) is 0 Å². The lowest BCUT2D eigenvalue weighted by Gasteiger charge is -2.38. The van der Waals surface area contributed by atoms with Crippen LogP contribution in [0.1, 0.15) is 42.7 Å². The first-order valence-electron chi connectivity index (χ1n) is 8.32. The van der Waals surface area contributed by atoms with Crippen molar-refractivity contribution in [2.75, 3.05) is 26.8 Å². The van der Waals surface area contributed by atoms with Crippen LogP contribution in [0.3, 0.4) is 0 Å². The van der Waals surface area contributed by atoms with Crippen LogP contribution in [-0.4, -0.2) is 31.8 Å². The molecule has 2 fully saturated rings. The number of aryl methyl sites for hydroxylation is 2. The highest BCUT2D eigenvalue weighted by atomic mass is 32.1. The molecule has 0 saturated heterocycles. The van der Waals surface area contributed by atoms with Gasteiger partial charge in [-0.3, -0.25) is 0 Å². The smallest absolute Gasteiger partial charge is 0.0797 e. The second-order valence-electron chi connectivity index (χ2n) is 6.97. The Morgan fingerprint density at radius 2 is 2.38 bits per heavy atom. The Bertz CT molecular complexity index is 461. The average molecular weight is 308 g/mol. The minimum Gasteiger partial charge on any atom is -0.383 e. The zero-order chi connectivity index (χ0) is 14.7. The highest BCUT2D eigenvalue weighted by Crippen LogP contribution is 2.57. The third-order valence-electron chi connectivity index (χ3n) is 5.76. The topological polar surface area (TPSA) is 34.1 Å². The van der Waals surface area contributed by atoms with Crippen LogP contribution in [0.4, 0.5) is 0 Å². The molecule has 4 heteroatoms. The van der Waals surface area contributed by atoms with Crippen molar-refractivity contribution >= 4 is 11.3 Å². The first-order chi connectivity index (χ1) is 10.2. The van der Waals surface area contributed by atoms with Crippen LogP contribution in [0.25, 0.3) is 0 Å². The van der Waals surface area contributed by atoms with Crippen molar-refractivity contribution in [3.05, 3.63) is 16.1 Å². The van der Waals surface area contributed by atoms with Gasteiger partial charge >= 0.3 is 0 Å². The molecule has 2 saturated carbocycles. The number of hydrogen-bond donors (Lipinski definition) is 1. The van der Waals surface area contributed by atoms with E-state index in [-0.39, 0.29) is 0 Å². The van der Waals surface area contributed by atoms with E-state index in [1.165, 1.54) is 55.6 Å². The molecule has 3 nitrogen and oxygen atoms in total. The Hall–Kier alpha value is -0.450. The van der Waals surface area contributed by atoms with E-state index < -0.39 is 0 Å². The summed E-state index contributed by atoms with van der Waals surface area (Å²) in [7, 11) is 1.78. The number of hydrogen-bond acceptors (Lipinski definition) is 4. The molecule has 21 heavy (non-hydrogen) atoms. The zero-order valence-electron chi connectivity index (χ0n) is 13.4. The molecule has 0 spiro atoms. The number of ether oxygens (including phenoxy) is 1. The van der Waals surface area contributed by atoms with Crippen LogP contribution >= 0.6 is 11.3 Å². The third kappa shape index (κ3) is 3.33. The normalized spacial score (nSPS) is 31.1. The van der Waals surface area contributed by atoms with Crippen molar-refractivity contribution in [1.29, 1.82) is 0 Å². The summed E-state index contributed by atoms with van der Waals surface area (Å²) in [4.78, 5) is 5.90. The first-order valence-corrected chi connectivity index (χ1v) is 9.20. The van der Waals surface area contributed by atoms with E-state index in [0.29, 0.717) is 5.41 Å². The maximum atomic E-state index is 5.17. The Morgan fingerprint density at radius 1 is 1.48 bits per heavy atom. The highest BCUT2D eigenvalue weighted by molar-refractivity contribution is 7.09. The van der Waals surface area contributed by atoms with Gasteiger partial charge in [0.1, 0.15) is 0 Å². The van der Waals surface area contributed by atoms with Crippen molar-refractivity contribution in [2.45, 2.75) is 45.4 Å². The molecule has 2 bridgehead atoms. The number of methoxy groups -OCH3 is 1. The number of thiazole rings is 1. The van der Waals surface area contributed by atoms with Crippen LogP contribution in [-0.2, 0) is 11.2 Å². The Morgan fingerprint density at radius 3 is 3.00 bits per heavy atom. The van der Waals surface area contributed by atoms with E-state index in [1.54, 1.807) is 7.11 Å². The fourth-order valence-corrected chi connectivity index (χ4v) is 5.39. The van der Waals surface area contributed by atoms with Crippen molar-refractivity contribution in [2.24, 2.45) is 17.3 Å². The third-order valence-corrected chi connectivity index (χ3v) is 6.75. The van der Waals surface area contributed by atoms with Crippen LogP contribution in [0, 0.1) is 24.2 Å². The number of rotatable bonds is 8. The predicted octanol–water partition coefficient (Wildman–Crippen LogP) is 3.43. The van der Waals surface area contributed by atoms with Gasteiger partial charge in [0.15, 0.2) is 0 Å². The van der Waals surface area contributed by atoms with Gasteiger partial charge in [-0.2, -0.15) is 0 Å². The van der Waals surface area contributed by atoms with E-state index in [1.807, 2.05) is 16.8 Å². The number of nitrogens with zero attached hydrogens (tertiary/aromatic N) is 1. The fourth-order valence-electron chi connectivity index (χ4n) is 4.61. The Labute approximate surface area is 132 Å². The molecule has 3 atom stereocenters. The van der Waals surface area contributed by atoms with Gasteiger partial charge in [0, 0.05) is 25.1 Å². The average Bonchev–Trinajstić information content (AvgIpc) is 3.18. The Balaban J connectivity index is 1.61. The van der Waals surface area contributed by atoms with Crippen molar-refractivity contribution in [3.8, 4) is 0 Å². The lowest BCUT2D eigenvalue weighted by atomic mass is 9.70. The quantitative estimate of drug-likeness (QED) is 0.747. The molecule has 0 amide bonds. The van der Waals surface area contributed by atoms with Crippen LogP contribution in [0.15, 0.2) is 5.51 Å². The monoisotopic (exact) mass is 308 g/mol. The summed E-state index contributed by atoms with van der Waals surface area (Å²) >= 11 is 1.83. The number of fused-ring (bicyclic) bond motifs is 2. The molecule has 2 aliphatic rings. The SMILES string of the molecule is COCCNCC1(CCc2scnc2C)CC2CCC1C2. The molecular weight excluding hydrogens is 280 g/mol. The van der Waals surface area contributed by atoms with Gasteiger partial charge < -0.3 is 10.1 Å². The van der Waals surface area contributed by atoms with E-state index in [2.05, 4.69) is 17.2 Å². The van der Waals surface area contributed by atoms with Gasteiger partial charge in [-0.1, -0.05) is 6.42 Å². The summed E-state index contributed by atoms with van der Waals surface area (Å²) < 4.78 is 5.17. The first kappa shape index (κ1) is 15.4. The summed E-state index contributed by atoms with van der Waals surface area (Å²) in [5.41, 5.74) is 3.77. The molecule has 0 aliphatic heterocycles. The standard InChI is InChI=1S/C17H28N2OS/c1-13-16(21-12-19-13)5-6-17(11-18-7-8-20-2)10-14-3-4-15(17)9-14/h12,14-15,18H,3-11H2,1-2H3. The zero-order valence-corrected chi connectivity index (χ0v) is 14.2. The molecule has 3 rings (SSSR count). The molecule has 1 aromatic rings. The number of aromatic nitrogens is 1. The second-order valence-corrected chi connectivity index (χ2v) is 7.91. The van der Waals surface area contributed by atoms with Crippen LogP contribution in [0.2, 0.25) is 0 Å². The minimum absolute atomic E-state index is 0.535. The summed E-state index contributed by atoms with van der Waals surface area (Å²) in [6, 6.07) is 0. The molecule has 0 aromatic carbocycles. The maximum absolute atomic E-state index is 5.17. The molecular formula is C17H28N2OS. The van der Waals surface area contributed by atoms with E-state index in [0.717, 1.165) is 25.0 Å². The van der Waals surface area contributed by atoms with Crippen LogP contribution in [0.5, 0.6) is 0 Å². The lowest BCUT2D eigenvalue weighted by molar-refractivity contribution is 0.134. The maximum Gasteiger partial charge on any atom is 0.0797 e. The fraction of sp³-hybridized carbons (Fsp3) is 0.824. The Kier molecular flexibility index (Phi) is 4.97. The van der Waals surface area contributed by atoms with Crippen molar-refractivity contribution in [3.63, 3.8) is 0 Å². The molecule has 1 aromatic heterocycles. The summed E-state index contributed by atoms with van der Waals surface area (Å²) in [6.07, 6.45) is 8.40. The van der Waals surface area contributed by atoms with E-state index in [4.69, 9.17) is 4.74 Å². The van der Waals surface area contributed by atoms with E-state index >= 15 is 0 Å². The highest BCUT2D eigenvalue weighted by Gasteiger charge is 2.49. The van der Waals surface area contributed by atoms with Gasteiger partial charge in [0.2, 0.25) is 0 Å². The second kappa shape index (κ2) is 6.76. The molecule has 118 valence electrons. The summed E-state index contributed by atoms with van der Waals surface area (Å²) in [5.74, 6) is 1.95. The summed E-state index contributed by atoms with van der Waals surface area (Å²) in [5, 5.41) is 3.66. The predicted molar refractivity (Wildman–Crippen MR) is 87.8 cm³/mol. The lowest BCUT2D eigenvalue weighted by Crippen LogP contribution is -2.40. The van der Waals surface area contributed by atoms with Gasteiger partial charge in [-0.15, -0.1) is 11.3 Å². The molecule has 0 radical (unpaired) electrons. The molecule has 1 heterocycles. The molecule has 1 N–H and O–H groups in total. The molecule has 3 unspecified atom stereocenters. The van der Waals surface area contributed by atoms with Crippen LogP contribution < -0.4 is 5.32 Å². The summed E-state index contributed by atoms with van der Waals surface area (Å²) in [6.45, 7) is 5.12. The van der Waals surface area contributed by atoms with Crippen molar-refractivity contribution in [1.82, 2.24) is 10.3 Å².